The van der Waals surface area contributed by atoms with Crippen LogP contribution in [-0.2, 0) is 4.74 Å². The van der Waals surface area contributed by atoms with E-state index in [-0.39, 0.29) is 6.23 Å². The fourth-order valence-corrected chi connectivity index (χ4v) is 5.20. The fraction of sp³-hybridized carbons (Fsp3) is 0.800. The van der Waals surface area contributed by atoms with E-state index in [9.17, 15) is 5.11 Å². The summed E-state index contributed by atoms with van der Waals surface area (Å²) in [5, 5.41) is 14.0. The van der Waals surface area contributed by atoms with Crippen molar-refractivity contribution in [2.45, 2.75) is 65.1 Å². The van der Waals surface area contributed by atoms with Crippen LogP contribution in [-0.4, -0.2) is 24.5 Å². The third-order valence-electron chi connectivity index (χ3n) is 6.38. The summed E-state index contributed by atoms with van der Waals surface area (Å²) in [6.45, 7) is 6.85. The number of ether oxygens (including phenoxy) is 1. The molecular formula is C20H33NO2. The normalized spacial score (nSPS) is 40.6. The molecule has 0 amide bonds. The predicted molar refractivity (Wildman–Crippen MR) is 93.7 cm³/mol. The van der Waals surface area contributed by atoms with Gasteiger partial charge >= 0.3 is 0 Å². The summed E-state index contributed by atoms with van der Waals surface area (Å²) in [4.78, 5) is 0. The van der Waals surface area contributed by atoms with Crippen LogP contribution in [0.15, 0.2) is 23.5 Å². The van der Waals surface area contributed by atoms with Crippen molar-refractivity contribution in [3.63, 3.8) is 0 Å². The average Bonchev–Trinajstić information content (AvgIpc) is 2.84. The second kappa shape index (κ2) is 6.98. The molecule has 2 aliphatic carbocycles. The van der Waals surface area contributed by atoms with Crippen LogP contribution < -0.4 is 5.32 Å². The van der Waals surface area contributed by atoms with Gasteiger partial charge in [-0.05, 0) is 54.9 Å². The highest BCUT2D eigenvalue weighted by Crippen LogP contribution is 2.44. The van der Waals surface area contributed by atoms with E-state index in [1.165, 1.54) is 17.8 Å². The van der Waals surface area contributed by atoms with Crippen LogP contribution in [0.5, 0.6) is 0 Å². The number of allylic oxidation sites excluding steroid dienone is 3. The largest absolute Gasteiger partial charge is 0.501 e. The minimum atomic E-state index is -0.331. The van der Waals surface area contributed by atoms with Crippen molar-refractivity contribution in [1.82, 2.24) is 5.32 Å². The summed E-state index contributed by atoms with van der Waals surface area (Å²) in [7, 11) is 1.81. The highest BCUT2D eigenvalue weighted by Gasteiger charge is 2.45. The highest BCUT2D eigenvalue weighted by molar-refractivity contribution is 5.16. The van der Waals surface area contributed by atoms with E-state index in [0.717, 1.165) is 25.7 Å². The van der Waals surface area contributed by atoms with E-state index in [0.29, 0.717) is 35.6 Å². The van der Waals surface area contributed by atoms with Crippen molar-refractivity contribution in [2.24, 2.45) is 29.6 Å². The number of hydrogen-bond donors (Lipinski definition) is 2. The average molecular weight is 319 g/mol. The van der Waals surface area contributed by atoms with E-state index in [1.54, 1.807) is 0 Å². The molecule has 0 aromatic rings. The standard InChI is InChI=1S/C20H33NO2/c1-12(2)15-10-14(8-9-18(15)23-4)11-16-19-13(3)6-5-7-17(19)21-20(16)22/h5-6,12-14,16-17,19-22H,7-11H2,1-4H3/t13?,14?,16?,17?,19-,20?/m0/s1. The molecule has 0 radical (unpaired) electrons. The van der Waals surface area contributed by atoms with E-state index in [1.807, 2.05) is 7.11 Å². The predicted octanol–water partition coefficient (Wildman–Crippen LogP) is 3.85. The Morgan fingerprint density at radius 3 is 2.87 bits per heavy atom. The fourth-order valence-electron chi connectivity index (χ4n) is 5.20. The molecule has 3 nitrogen and oxygen atoms in total. The number of fused-ring (bicyclic) bond motifs is 1. The molecule has 0 aromatic carbocycles. The Morgan fingerprint density at radius 1 is 1.39 bits per heavy atom. The van der Waals surface area contributed by atoms with Crippen LogP contribution in [0.25, 0.3) is 0 Å². The molecule has 2 N–H and O–H groups in total. The SMILES string of the molecule is COC1=C(C(C)C)CC(CC2C(O)NC3CC=CC(C)[C@H]32)CC1. The second-order valence-electron chi connectivity index (χ2n) is 8.13. The molecule has 1 heterocycles. The smallest absolute Gasteiger partial charge is 0.108 e. The van der Waals surface area contributed by atoms with Gasteiger partial charge in [0, 0.05) is 18.4 Å². The van der Waals surface area contributed by atoms with Crippen molar-refractivity contribution in [1.29, 1.82) is 0 Å². The zero-order valence-electron chi connectivity index (χ0n) is 15.1. The van der Waals surface area contributed by atoms with Gasteiger partial charge in [0.05, 0.1) is 12.9 Å². The molecule has 0 saturated carbocycles. The number of rotatable bonds is 4. The van der Waals surface area contributed by atoms with Crippen molar-refractivity contribution in [3.05, 3.63) is 23.5 Å². The Balaban J connectivity index is 1.70. The van der Waals surface area contributed by atoms with Gasteiger partial charge in [-0.25, -0.2) is 0 Å². The minimum Gasteiger partial charge on any atom is -0.501 e. The Kier molecular flexibility index (Phi) is 5.17. The number of aliphatic hydroxyl groups is 1. The number of aliphatic hydroxyl groups excluding tert-OH is 1. The third kappa shape index (κ3) is 3.36. The Labute approximate surface area is 141 Å². The maximum Gasteiger partial charge on any atom is 0.108 e. The van der Waals surface area contributed by atoms with E-state index < -0.39 is 0 Å². The van der Waals surface area contributed by atoms with Gasteiger partial charge in [0.15, 0.2) is 0 Å². The maximum atomic E-state index is 10.6. The van der Waals surface area contributed by atoms with Gasteiger partial charge in [-0.15, -0.1) is 0 Å². The monoisotopic (exact) mass is 319 g/mol. The molecule has 130 valence electrons. The summed E-state index contributed by atoms with van der Waals surface area (Å²) in [6.07, 6.45) is 9.90. The minimum absolute atomic E-state index is 0.331. The molecular weight excluding hydrogens is 286 g/mol. The Bertz CT molecular complexity index is 482. The molecule has 0 bridgehead atoms. The molecule has 0 aromatic heterocycles. The Hall–Kier alpha value is -0.800. The zero-order valence-corrected chi connectivity index (χ0v) is 15.1. The van der Waals surface area contributed by atoms with Gasteiger partial charge < -0.3 is 9.84 Å². The van der Waals surface area contributed by atoms with Gasteiger partial charge in [-0.1, -0.05) is 32.9 Å². The van der Waals surface area contributed by atoms with E-state index >= 15 is 0 Å². The summed E-state index contributed by atoms with van der Waals surface area (Å²) < 4.78 is 5.62. The molecule has 3 rings (SSSR count). The lowest BCUT2D eigenvalue weighted by Crippen LogP contribution is -2.33. The number of hydrogen-bond acceptors (Lipinski definition) is 3. The van der Waals surface area contributed by atoms with E-state index in [2.05, 4.69) is 38.2 Å². The molecule has 1 aliphatic heterocycles. The maximum absolute atomic E-state index is 10.6. The van der Waals surface area contributed by atoms with Crippen LogP contribution in [0.2, 0.25) is 0 Å². The molecule has 3 heteroatoms. The van der Waals surface area contributed by atoms with E-state index in [4.69, 9.17) is 4.74 Å². The van der Waals surface area contributed by atoms with Crippen molar-refractivity contribution < 1.29 is 9.84 Å². The van der Waals surface area contributed by atoms with Crippen molar-refractivity contribution in [3.8, 4) is 0 Å². The first kappa shape index (κ1) is 17.0. The molecule has 1 fully saturated rings. The highest BCUT2D eigenvalue weighted by atomic mass is 16.5. The number of nitrogens with one attached hydrogen (secondary N) is 1. The zero-order chi connectivity index (χ0) is 16.6. The van der Waals surface area contributed by atoms with Crippen molar-refractivity contribution >= 4 is 0 Å². The lowest BCUT2D eigenvalue weighted by molar-refractivity contribution is 0.0752. The summed E-state index contributed by atoms with van der Waals surface area (Å²) in [6, 6.07) is 0.466. The molecule has 23 heavy (non-hydrogen) atoms. The first-order valence-electron chi connectivity index (χ1n) is 9.38. The summed E-state index contributed by atoms with van der Waals surface area (Å²) in [5.74, 6) is 4.01. The van der Waals surface area contributed by atoms with Gasteiger partial charge in [0.1, 0.15) is 6.23 Å². The summed E-state index contributed by atoms with van der Waals surface area (Å²) in [5.41, 5.74) is 1.50. The van der Waals surface area contributed by atoms with Crippen LogP contribution in [0.1, 0.15) is 52.9 Å². The molecule has 6 atom stereocenters. The quantitative estimate of drug-likeness (QED) is 0.773. The first-order valence-corrected chi connectivity index (χ1v) is 9.38. The van der Waals surface area contributed by atoms with Crippen LogP contribution in [0.3, 0.4) is 0 Å². The van der Waals surface area contributed by atoms with Crippen LogP contribution in [0.4, 0.5) is 0 Å². The molecule has 5 unspecified atom stereocenters. The Morgan fingerprint density at radius 2 is 2.17 bits per heavy atom. The lowest BCUT2D eigenvalue weighted by Gasteiger charge is -2.35. The van der Waals surface area contributed by atoms with Gasteiger partial charge in [0.25, 0.3) is 0 Å². The van der Waals surface area contributed by atoms with Crippen molar-refractivity contribution in [2.75, 3.05) is 7.11 Å². The second-order valence-corrected chi connectivity index (χ2v) is 8.13. The number of methoxy groups -OCH3 is 1. The molecule has 0 spiro atoms. The lowest BCUT2D eigenvalue weighted by atomic mass is 9.70. The van der Waals surface area contributed by atoms with Gasteiger partial charge in [0.2, 0.25) is 0 Å². The first-order chi connectivity index (χ1) is 11.0. The van der Waals surface area contributed by atoms with Gasteiger partial charge in [-0.3, -0.25) is 5.32 Å². The molecule has 1 saturated heterocycles. The van der Waals surface area contributed by atoms with Crippen LogP contribution in [0, 0.1) is 29.6 Å². The van der Waals surface area contributed by atoms with Crippen LogP contribution >= 0.6 is 0 Å². The molecule has 3 aliphatic rings. The van der Waals surface area contributed by atoms with Gasteiger partial charge in [-0.2, -0.15) is 0 Å². The topological polar surface area (TPSA) is 41.5 Å². The third-order valence-corrected chi connectivity index (χ3v) is 6.38. The summed E-state index contributed by atoms with van der Waals surface area (Å²) >= 11 is 0.